The van der Waals surface area contributed by atoms with Crippen LogP contribution in [0.3, 0.4) is 0 Å². The Hall–Kier alpha value is -1.23. The molecule has 1 aromatic rings. The second-order valence-corrected chi connectivity index (χ2v) is 5.04. The number of hydrogen-bond acceptors (Lipinski definition) is 4. The van der Waals surface area contributed by atoms with Crippen LogP contribution in [0.2, 0.25) is 0 Å². The van der Waals surface area contributed by atoms with E-state index in [9.17, 15) is 4.79 Å². The fraction of sp³-hybridized carbons (Fsp3) is 0.500. The Bertz CT molecular complexity index is 382. The first-order valence-electron chi connectivity index (χ1n) is 5.47. The van der Waals surface area contributed by atoms with E-state index in [2.05, 4.69) is 23.5 Å². The molecule has 0 spiro atoms. The molecule has 1 heterocycles. The maximum Gasteiger partial charge on any atom is 0.272 e. The molecule has 5 heteroatoms. The summed E-state index contributed by atoms with van der Waals surface area (Å²) >= 11 is 1.79. The van der Waals surface area contributed by atoms with Gasteiger partial charge in [-0.1, -0.05) is 0 Å². The van der Waals surface area contributed by atoms with Gasteiger partial charge in [-0.15, -0.1) is 0 Å². The molecule has 1 rings (SSSR count). The molecule has 0 radical (unpaired) electrons. The Balaban J connectivity index is 2.75. The summed E-state index contributed by atoms with van der Waals surface area (Å²) in [5.74, 6) is 0.949. The minimum atomic E-state index is -0.0776. The van der Waals surface area contributed by atoms with Crippen LogP contribution < -0.4 is 5.32 Å². The molecule has 0 aliphatic heterocycles. The fourth-order valence-electron chi connectivity index (χ4n) is 1.44. The van der Waals surface area contributed by atoms with Gasteiger partial charge in [0.1, 0.15) is 5.69 Å². The van der Waals surface area contributed by atoms with E-state index in [1.165, 1.54) is 4.90 Å². The van der Waals surface area contributed by atoms with E-state index in [0.29, 0.717) is 11.7 Å². The van der Waals surface area contributed by atoms with Crippen LogP contribution in [0, 0.1) is 0 Å². The summed E-state index contributed by atoms with van der Waals surface area (Å²) < 4.78 is 0. The Kier molecular flexibility index (Phi) is 5.28. The Morgan fingerprint density at radius 3 is 2.88 bits per heavy atom. The van der Waals surface area contributed by atoms with Crippen molar-refractivity contribution in [3.63, 3.8) is 0 Å². The molecule has 17 heavy (non-hydrogen) atoms. The lowest BCUT2D eigenvalue weighted by Gasteiger charge is -2.15. The third-order valence-corrected chi connectivity index (χ3v) is 3.05. The maximum atomic E-state index is 11.7. The summed E-state index contributed by atoms with van der Waals surface area (Å²) in [7, 11) is 3.45. The number of carbonyl (C=O) groups is 1. The zero-order valence-electron chi connectivity index (χ0n) is 10.7. The summed E-state index contributed by atoms with van der Waals surface area (Å²) in [6, 6.07) is 4.04. The molecule has 1 N–H and O–H groups in total. The van der Waals surface area contributed by atoms with Crippen LogP contribution in [0.5, 0.6) is 0 Å². The third kappa shape index (κ3) is 4.26. The number of anilines is 1. The monoisotopic (exact) mass is 253 g/mol. The lowest BCUT2D eigenvalue weighted by Crippen LogP contribution is -2.23. The van der Waals surface area contributed by atoms with Crippen molar-refractivity contribution in [3.8, 4) is 0 Å². The number of rotatable bonds is 5. The van der Waals surface area contributed by atoms with Gasteiger partial charge in [0.15, 0.2) is 0 Å². The van der Waals surface area contributed by atoms with Crippen molar-refractivity contribution >= 4 is 23.4 Å². The standard InChI is InChI=1S/C12H19N3OS/c1-9(8-17-4)14-10-5-6-13-11(7-10)12(16)15(2)3/h5-7,9H,8H2,1-4H3,(H,13,14). The zero-order chi connectivity index (χ0) is 12.8. The molecule has 1 amide bonds. The van der Waals surface area contributed by atoms with E-state index in [-0.39, 0.29) is 5.91 Å². The van der Waals surface area contributed by atoms with E-state index < -0.39 is 0 Å². The van der Waals surface area contributed by atoms with Crippen LogP contribution in [-0.2, 0) is 0 Å². The number of aromatic nitrogens is 1. The van der Waals surface area contributed by atoms with Gasteiger partial charge in [-0.05, 0) is 25.3 Å². The number of amides is 1. The first-order valence-corrected chi connectivity index (χ1v) is 6.87. The fourth-order valence-corrected chi connectivity index (χ4v) is 2.03. The predicted octanol–water partition coefficient (Wildman–Crippen LogP) is 1.95. The van der Waals surface area contributed by atoms with Gasteiger partial charge in [-0.2, -0.15) is 11.8 Å². The van der Waals surface area contributed by atoms with E-state index >= 15 is 0 Å². The highest BCUT2D eigenvalue weighted by Crippen LogP contribution is 2.12. The lowest BCUT2D eigenvalue weighted by atomic mass is 10.2. The molecule has 1 unspecified atom stereocenters. The summed E-state index contributed by atoms with van der Waals surface area (Å²) in [6.45, 7) is 2.12. The quantitative estimate of drug-likeness (QED) is 0.871. The second-order valence-electron chi connectivity index (χ2n) is 4.13. The van der Waals surface area contributed by atoms with E-state index in [0.717, 1.165) is 11.4 Å². The number of hydrogen-bond donors (Lipinski definition) is 1. The van der Waals surface area contributed by atoms with Gasteiger partial charge < -0.3 is 10.2 Å². The van der Waals surface area contributed by atoms with Gasteiger partial charge in [-0.3, -0.25) is 9.78 Å². The zero-order valence-corrected chi connectivity index (χ0v) is 11.5. The molecule has 0 saturated heterocycles. The maximum absolute atomic E-state index is 11.7. The van der Waals surface area contributed by atoms with Crippen LogP contribution in [0.4, 0.5) is 5.69 Å². The molecule has 0 fully saturated rings. The highest BCUT2D eigenvalue weighted by atomic mass is 32.2. The van der Waals surface area contributed by atoms with Crippen LogP contribution in [0.15, 0.2) is 18.3 Å². The molecule has 4 nitrogen and oxygen atoms in total. The third-order valence-electron chi connectivity index (χ3n) is 2.21. The van der Waals surface area contributed by atoms with E-state index in [1.54, 1.807) is 38.1 Å². The highest BCUT2D eigenvalue weighted by Gasteiger charge is 2.10. The predicted molar refractivity (Wildman–Crippen MR) is 73.7 cm³/mol. The number of nitrogens with one attached hydrogen (secondary N) is 1. The topological polar surface area (TPSA) is 45.2 Å². The van der Waals surface area contributed by atoms with Crippen molar-refractivity contribution < 1.29 is 4.79 Å². The van der Waals surface area contributed by atoms with E-state index in [4.69, 9.17) is 0 Å². The van der Waals surface area contributed by atoms with Gasteiger partial charge >= 0.3 is 0 Å². The average Bonchev–Trinajstić information content (AvgIpc) is 2.28. The van der Waals surface area contributed by atoms with Crippen LogP contribution in [0.1, 0.15) is 17.4 Å². The molecule has 0 saturated carbocycles. The summed E-state index contributed by atoms with van der Waals surface area (Å²) in [5.41, 5.74) is 1.41. The largest absolute Gasteiger partial charge is 0.382 e. The minimum Gasteiger partial charge on any atom is -0.382 e. The van der Waals surface area contributed by atoms with Gasteiger partial charge in [0.2, 0.25) is 0 Å². The molecule has 0 aliphatic carbocycles. The average molecular weight is 253 g/mol. The number of nitrogens with zero attached hydrogens (tertiary/aromatic N) is 2. The Morgan fingerprint density at radius 2 is 2.29 bits per heavy atom. The molecule has 1 atom stereocenters. The minimum absolute atomic E-state index is 0.0776. The van der Waals surface area contributed by atoms with Crippen molar-refractivity contribution in [1.29, 1.82) is 0 Å². The van der Waals surface area contributed by atoms with Crippen molar-refractivity contribution in [2.45, 2.75) is 13.0 Å². The lowest BCUT2D eigenvalue weighted by molar-refractivity contribution is 0.0822. The van der Waals surface area contributed by atoms with Gasteiger partial charge in [-0.25, -0.2) is 0 Å². The first kappa shape index (κ1) is 13.8. The number of carbonyl (C=O) groups excluding carboxylic acids is 1. The molecular formula is C12H19N3OS. The molecular weight excluding hydrogens is 234 g/mol. The Morgan fingerprint density at radius 1 is 1.59 bits per heavy atom. The van der Waals surface area contributed by atoms with Crippen molar-refractivity contribution in [3.05, 3.63) is 24.0 Å². The van der Waals surface area contributed by atoms with Gasteiger partial charge in [0, 0.05) is 37.8 Å². The molecule has 94 valence electrons. The SMILES string of the molecule is CSCC(C)Nc1ccnc(C(=O)N(C)C)c1. The number of pyridine rings is 1. The Labute approximate surface area is 107 Å². The highest BCUT2D eigenvalue weighted by molar-refractivity contribution is 7.98. The first-order chi connectivity index (χ1) is 8.04. The molecule has 0 aliphatic rings. The summed E-state index contributed by atoms with van der Waals surface area (Å²) in [4.78, 5) is 17.3. The summed E-state index contributed by atoms with van der Waals surface area (Å²) in [6.07, 6.45) is 3.73. The van der Waals surface area contributed by atoms with Crippen LogP contribution in [0.25, 0.3) is 0 Å². The van der Waals surface area contributed by atoms with Crippen LogP contribution >= 0.6 is 11.8 Å². The number of thioether (sulfide) groups is 1. The molecule has 0 bridgehead atoms. The second kappa shape index (κ2) is 6.49. The van der Waals surface area contributed by atoms with Crippen molar-refractivity contribution in [2.24, 2.45) is 0 Å². The van der Waals surface area contributed by atoms with Crippen molar-refractivity contribution in [1.82, 2.24) is 9.88 Å². The van der Waals surface area contributed by atoms with Crippen molar-refractivity contribution in [2.75, 3.05) is 31.4 Å². The normalized spacial score (nSPS) is 12.0. The van der Waals surface area contributed by atoms with Gasteiger partial charge in [0.05, 0.1) is 0 Å². The van der Waals surface area contributed by atoms with E-state index in [1.807, 2.05) is 6.07 Å². The molecule has 0 aromatic carbocycles. The van der Waals surface area contributed by atoms with Crippen LogP contribution in [-0.4, -0.2) is 47.9 Å². The summed E-state index contributed by atoms with van der Waals surface area (Å²) in [5, 5.41) is 3.35. The molecule has 1 aromatic heterocycles. The smallest absolute Gasteiger partial charge is 0.272 e. The van der Waals surface area contributed by atoms with Gasteiger partial charge in [0.25, 0.3) is 5.91 Å².